The minimum Gasteiger partial charge on any atom is -0.395 e. The number of nitrogens with zero attached hydrogens (tertiary/aromatic N) is 1. The van der Waals surface area contributed by atoms with Gasteiger partial charge in [-0.25, -0.2) is 0 Å². The van der Waals surface area contributed by atoms with Gasteiger partial charge in [0.1, 0.15) is 0 Å². The summed E-state index contributed by atoms with van der Waals surface area (Å²) in [6.07, 6.45) is 0.983. The van der Waals surface area contributed by atoms with Crippen LogP contribution < -0.4 is 5.32 Å². The van der Waals surface area contributed by atoms with Crippen LogP contribution in [0, 0.1) is 5.92 Å². The van der Waals surface area contributed by atoms with Gasteiger partial charge in [0.05, 0.1) is 12.6 Å². The molecule has 0 heterocycles. The van der Waals surface area contributed by atoms with Crippen molar-refractivity contribution in [3.8, 4) is 0 Å². The van der Waals surface area contributed by atoms with Crippen molar-refractivity contribution in [1.82, 2.24) is 10.2 Å². The molecule has 4 heteroatoms. The van der Waals surface area contributed by atoms with Crippen molar-refractivity contribution < 1.29 is 9.90 Å². The van der Waals surface area contributed by atoms with Crippen LogP contribution >= 0.6 is 0 Å². The second-order valence-electron chi connectivity index (χ2n) is 5.83. The maximum atomic E-state index is 12.2. The van der Waals surface area contributed by atoms with Crippen LogP contribution in [0.3, 0.4) is 0 Å². The van der Waals surface area contributed by atoms with Crippen LogP contribution in [0.4, 0.5) is 0 Å². The monoisotopic (exact) mass is 292 g/mol. The molecule has 0 saturated carbocycles. The first kappa shape index (κ1) is 17.7. The Kier molecular flexibility index (Phi) is 8.01. The van der Waals surface area contributed by atoms with Crippen molar-refractivity contribution in [2.45, 2.75) is 39.8 Å². The van der Waals surface area contributed by atoms with Crippen molar-refractivity contribution in [2.75, 3.05) is 19.7 Å². The number of benzene rings is 1. The van der Waals surface area contributed by atoms with Crippen molar-refractivity contribution in [1.29, 1.82) is 0 Å². The van der Waals surface area contributed by atoms with Gasteiger partial charge in [0.2, 0.25) is 5.91 Å². The fraction of sp³-hybridized carbons (Fsp3) is 0.588. The van der Waals surface area contributed by atoms with E-state index < -0.39 is 0 Å². The molecule has 21 heavy (non-hydrogen) atoms. The maximum absolute atomic E-state index is 12.2. The van der Waals surface area contributed by atoms with E-state index in [1.54, 1.807) is 0 Å². The fourth-order valence-corrected chi connectivity index (χ4v) is 2.15. The summed E-state index contributed by atoms with van der Waals surface area (Å²) in [5, 5.41) is 12.2. The summed E-state index contributed by atoms with van der Waals surface area (Å²) < 4.78 is 0. The molecule has 0 spiro atoms. The van der Waals surface area contributed by atoms with Crippen LogP contribution in [-0.4, -0.2) is 41.7 Å². The molecule has 0 aliphatic rings. The minimum absolute atomic E-state index is 0.0278. The molecule has 0 radical (unpaired) electrons. The first-order chi connectivity index (χ1) is 10.0. The van der Waals surface area contributed by atoms with Gasteiger partial charge in [0.15, 0.2) is 0 Å². The van der Waals surface area contributed by atoms with Crippen LogP contribution in [0.5, 0.6) is 0 Å². The molecule has 1 amide bonds. The normalized spacial score (nSPS) is 12.7. The fourth-order valence-electron chi connectivity index (χ4n) is 2.15. The van der Waals surface area contributed by atoms with Crippen LogP contribution in [-0.2, 0) is 11.3 Å². The average molecular weight is 292 g/mol. The van der Waals surface area contributed by atoms with E-state index in [1.165, 1.54) is 0 Å². The Morgan fingerprint density at radius 1 is 1.24 bits per heavy atom. The lowest BCUT2D eigenvalue weighted by atomic mass is 10.1. The highest BCUT2D eigenvalue weighted by Crippen LogP contribution is 2.08. The molecular weight excluding hydrogens is 264 g/mol. The Morgan fingerprint density at radius 2 is 1.90 bits per heavy atom. The maximum Gasteiger partial charge on any atom is 0.237 e. The SMILES string of the molecule is CC(C)CCNC(=O)C(C)N(CCO)Cc1ccccc1. The highest BCUT2D eigenvalue weighted by Gasteiger charge is 2.20. The van der Waals surface area contributed by atoms with E-state index in [-0.39, 0.29) is 18.6 Å². The minimum atomic E-state index is -0.246. The third kappa shape index (κ3) is 6.74. The number of amides is 1. The van der Waals surface area contributed by atoms with Crippen molar-refractivity contribution in [2.24, 2.45) is 5.92 Å². The smallest absolute Gasteiger partial charge is 0.237 e. The Balaban J connectivity index is 2.55. The molecule has 1 unspecified atom stereocenters. The van der Waals surface area contributed by atoms with E-state index in [2.05, 4.69) is 19.2 Å². The van der Waals surface area contributed by atoms with Crippen molar-refractivity contribution >= 4 is 5.91 Å². The van der Waals surface area contributed by atoms with E-state index in [1.807, 2.05) is 42.2 Å². The second kappa shape index (κ2) is 9.53. The van der Waals surface area contributed by atoms with E-state index in [0.717, 1.165) is 12.0 Å². The van der Waals surface area contributed by atoms with Crippen molar-refractivity contribution in [3.63, 3.8) is 0 Å². The Hall–Kier alpha value is -1.39. The molecule has 0 aliphatic carbocycles. The Labute approximate surface area is 128 Å². The molecule has 0 saturated heterocycles. The van der Waals surface area contributed by atoms with Gasteiger partial charge in [0, 0.05) is 19.6 Å². The molecule has 1 aromatic rings. The van der Waals surface area contributed by atoms with Crippen LogP contribution in [0.2, 0.25) is 0 Å². The summed E-state index contributed by atoms with van der Waals surface area (Å²) in [7, 11) is 0. The number of hydrogen-bond acceptors (Lipinski definition) is 3. The molecule has 0 aliphatic heterocycles. The Bertz CT molecular complexity index is 407. The molecule has 0 fully saturated rings. The molecule has 4 nitrogen and oxygen atoms in total. The number of carbonyl (C=O) groups excluding carboxylic acids is 1. The first-order valence-corrected chi connectivity index (χ1v) is 7.71. The molecule has 2 N–H and O–H groups in total. The Morgan fingerprint density at radius 3 is 2.48 bits per heavy atom. The quantitative estimate of drug-likeness (QED) is 0.732. The molecule has 1 atom stereocenters. The van der Waals surface area contributed by atoms with Crippen molar-refractivity contribution in [3.05, 3.63) is 35.9 Å². The zero-order valence-corrected chi connectivity index (χ0v) is 13.4. The highest BCUT2D eigenvalue weighted by molar-refractivity contribution is 5.81. The van der Waals surface area contributed by atoms with Gasteiger partial charge in [-0.1, -0.05) is 44.2 Å². The summed E-state index contributed by atoms with van der Waals surface area (Å²) in [6, 6.07) is 9.77. The first-order valence-electron chi connectivity index (χ1n) is 7.71. The third-order valence-electron chi connectivity index (χ3n) is 3.56. The van der Waals surface area contributed by atoms with Gasteiger partial charge in [-0.15, -0.1) is 0 Å². The lowest BCUT2D eigenvalue weighted by Gasteiger charge is -2.27. The van der Waals surface area contributed by atoms with Gasteiger partial charge in [-0.3, -0.25) is 9.69 Å². The van der Waals surface area contributed by atoms with Crippen LogP contribution in [0.15, 0.2) is 30.3 Å². The molecule has 118 valence electrons. The largest absolute Gasteiger partial charge is 0.395 e. The van der Waals surface area contributed by atoms with Crippen LogP contribution in [0.25, 0.3) is 0 Å². The van der Waals surface area contributed by atoms with E-state index in [4.69, 9.17) is 0 Å². The van der Waals surface area contributed by atoms with Gasteiger partial charge in [-0.05, 0) is 24.8 Å². The predicted octanol–water partition coefficient (Wildman–Crippen LogP) is 2.03. The molecule has 1 aromatic carbocycles. The standard InChI is InChI=1S/C17H28N2O2/c1-14(2)9-10-18-17(21)15(3)19(11-12-20)13-16-7-5-4-6-8-16/h4-8,14-15,20H,9-13H2,1-3H3,(H,18,21). The zero-order chi connectivity index (χ0) is 15.7. The number of rotatable bonds is 9. The average Bonchev–Trinajstić information content (AvgIpc) is 2.46. The van der Waals surface area contributed by atoms with Gasteiger partial charge < -0.3 is 10.4 Å². The number of hydrogen-bond donors (Lipinski definition) is 2. The predicted molar refractivity (Wildman–Crippen MR) is 85.9 cm³/mol. The van der Waals surface area contributed by atoms with E-state index >= 15 is 0 Å². The number of aliphatic hydroxyl groups is 1. The molecule has 0 aromatic heterocycles. The van der Waals surface area contributed by atoms with Crippen LogP contribution in [0.1, 0.15) is 32.8 Å². The van der Waals surface area contributed by atoms with Gasteiger partial charge >= 0.3 is 0 Å². The molecule has 1 rings (SSSR count). The third-order valence-corrected chi connectivity index (χ3v) is 3.56. The number of carbonyl (C=O) groups is 1. The summed E-state index contributed by atoms with van der Waals surface area (Å²) in [5.41, 5.74) is 1.15. The zero-order valence-electron chi connectivity index (χ0n) is 13.4. The lowest BCUT2D eigenvalue weighted by Crippen LogP contribution is -2.46. The number of aliphatic hydroxyl groups excluding tert-OH is 1. The molecule has 0 bridgehead atoms. The summed E-state index contributed by atoms with van der Waals surface area (Å²) in [6.45, 7) is 8.10. The topological polar surface area (TPSA) is 52.6 Å². The summed E-state index contributed by atoms with van der Waals surface area (Å²) in [5.74, 6) is 0.610. The molecular formula is C17H28N2O2. The number of nitrogens with one attached hydrogen (secondary N) is 1. The highest BCUT2D eigenvalue weighted by atomic mass is 16.3. The van der Waals surface area contributed by atoms with E-state index in [0.29, 0.717) is 25.6 Å². The summed E-state index contributed by atoms with van der Waals surface area (Å²) in [4.78, 5) is 14.2. The summed E-state index contributed by atoms with van der Waals surface area (Å²) >= 11 is 0. The second-order valence-corrected chi connectivity index (χ2v) is 5.83. The van der Waals surface area contributed by atoms with Gasteiger partial charge in [-0.2, -0.15) is 0 Å². The van der Waals surface area contributed by atoms with Gasteiger partial charge in [0.25, 0.3) is 0 Å². The van der Waals surface area contributed by atoms with E-state index in [9.17, 15) is 9.90 Å². The lowest BCUT2D eigenvalue weighted by molar-refractivity contribution is -0.126.